The van der Waals surface area contributed by atoms with Crippen molar-refractivity contribution in [2.24, 2.45) is 0 Å². The Balaban J connectivity index is 1.87. The molecule has 24 heavy (non-hydrogen) atoms. The summed E-state index contributed by atoms with van der Waals surface area (Å²) in [6, 6.07) is 7.43. The summed E-state index contributed by atoms with van der Waals surface area (Å²) in [5, 5.41) is 0. The first-order valence-corrected chi connectivity index (χ1v) is 10.6. The van der Waals surface area contributed by atoms with Crippen molar-refractivity contribution in [3.63, 3.8) is 0 Å². The van der Waals surface area contributed by atoms with Gasteiger partial charge < -0.3 is 4.90 Å². The number of carbonyl (C=O) groups excluding carboxylic acids is 1. The van der Waals surface area contributed by atoms with Gasteiger partial charge >= 0.3 is 0 Å². The van der Waals surface area contributed by atoms with Crippen LogP contribution in [-0.2, 0) is 14.6 Å². The maximum Gasteiger partial charge on any atom is 0.241 e. The lowest BCUT2D eigenvalue weighted by Crippen LogP contribution is -2.62. The molecule has 0 saturated carbocycles. The van der Waals surface area contributed by atoms with Crippen molar-refractivity contribution in [2.75, 3.05) is 29.5 Å². The molecule has 3 rings (SSSR count). The zero-order chi connectivity index (χ0) is 17.3. The summed E-state index contributed by atoms with van der Waals surface area (Å²) in [4.78, 5) is 16.6. The van der Waals surface area contributed by atoms with E-state index in [1.54, 1.807) is 4.90 Å². The van der Waals surface area contributed by atoms with Crippen molar-refractivity contribution in [3.05, 3.63) is 29.8 Å². The fraction of sp³-hybridized carbons (Fsp3) is 0.611. The molecule has 2 aliphatic heterocycles. The van der Waals surface area contributed by atoms with Crippen molar-refractivity contribution in [3.8, 4) is 0 Å². The van der Waals surface area contributed by atoms with Crippen molar-refractivity contribution in [1.82, 2.24) is 4.90 Å². The Labute approximate surface area is 144 Å². The second-order valence-corrected chi connectivity index (χ2v) is 9.14. The molecule has 0 aromatic heterocycles. The van der Waals surface area contributed by atoms with Gasteiger partial charge in [-0.25, -0.2) is 8.42 Å². The molecular weight excluding hydrogens is 324 g/mol. The van der Waals surface area contributed by atoms with Gasteiger partial charge in [0.25, 0.3) is 0 Å². The quantitative estimate of drug-likeness (QED) is 0.762. The molecule has 132 valence electrons. The third-order valence-electron chi connectivity index (χ3n) is 5.06. The molecule has 2 fully saturated rings. The van der Waals surface area contributed by atoms with Gasteiger partial charge in [-0.3, -0.25) is 9.69 Å². The zero-order valence-electron chi connectivity index (χ0n) is 14.4. The van der Waals surface area contributed by atoms with E-state index in [-0.39, 0.29) is 29.5 Å². The highest BCUT2D eigenvalue weighted by atomic mass is 32.2. The number of amides is 1. The number of fused-ring (bicyclic) bond motifs is 1. The number of anilines is 1. The van der Waals surface area contributed by atoms with E-state index in [2.05, 4.69) is 11.8 Å². The summed E-state index contributed by atoms with van der Waals surface area (Å²) in [6.07, 6.45) is 3.23. The van der Waals surface area contributed by atoms with E-state index in [1.165, 1.54) is 0 Å². The minimum Gasteiger partial charge on any atom is -0.306 e. The molecule has 5 nitrogen and oxygen atoms in total. The number of hydrogen-bond donors (Lipinski definition) is 0. The van der Waals surface area contributed by atoms with Gasteiger partial charge in [-0.15, -0.1) is 0 Å². The molecule has 0 spiro atoms. The normalized spacial score (nSPS) is 26.6. The molecule has 2 atom stereocenters. The lowest BCUT2D eigenvalue weighted by molar-refractivity contribution is -0.123. The van der Waals surface area contributed by atoms with Crippen LogP contribution in [0.15, 0.2) is 24.3 Å². The number of unbranched alkanes of at least 4 members (excludes halogenated alkanes) is 2. The second kappa shape index (κ2) is 6.84. The summed E-state index contributed by atoms with van der Waals surface area (Å²) in [5.41, 5.74) is 1.94. The Morgan fingerprint density at radius 3 is 2.42 bits per heavy atom. The predicted octanol–water partition coefficient (Wildman–Crippen LogP) is 2.00. The molecule has 0 bridgehead atoms. The third-order valence-corrected chi connectivity index (χ3v) is 6.76. The summed E-state index contributed by atoms with van der Waals surface area (Å²) in [5.74, 6) is 0.245. The highest BCUT2D eigenvalue weighted by molar-refractivity contribution is 7.91. The molecule has 1 aromatic rings. The average molecular weight is 350 g/mol. The number of carbonyl (C=O) groups is 1. The Kier molecular flexibility index (Phi) is 4.97. The van der Waals surface area contributed by atoms with E-state index in [0.29, 0.717) is 6.54 Å². The maximum atomic E-state index is 12.8. The minimum absolute atomic E-state index is 0.00806. The Morgan fingerprint density at radius 2 is 1.75 bits per heavy atom. The van der Waals surface area contributed by atoms with Crippen molar-refractivity contribution in [2.45, 2.75) is 45.2 Å². The lowest BCUT2D eigenvalue weighted by atomic mass is 10.0. The first-order valence-electron chi connectivity index (χ1n) is 8.74. The van der Waals surface area contributed by atoms with Gasteiger partial charge in [0.15, 0.2) is 9.84 Å². The van der Waals surface area contributed by atoms with E-state index >= 15 is 0 Å². The standard InChI is InChI=1S/C18H26N2O3S/c1-3-4-5-10-19-11-18(21)20(15-8-6-14(2)7-9-15)17-13-24(22,23)12-16(17)19/h6-9,16-17H,3-5,10-13H2,1-2H3/t16-,17+/m0/s1. The number of sulfone groups is 1. The van der Waals surface area contributed by atoms with E-state index in [0.717, 1.165) is 37.1 Å². The van der Waals surface area contributed by atoms with Crippen LogP contribution < -0.4 is 4.90 Å². The van der Waals surface area contributed by atoms with Crippen LogP contribution in [0.5, 0.6) is 0 Å². The minimum atomic E-state index is -3.10. The molecule has 0 aliphatic carbocycles. The first-order chi connectivity index (χ1) is 11.4. The van der Waals surface area contributed by atoms with Crippen LogP contribution in [0.1, 0.15) is 31.7 Å². The largest absolute Gasteiger partial charge is 0.306 e. The predicted molar refractivity (Wildman–Crippen MR) is 96.0 cm³/mol. The zero-order valence-corrected chi connectivity index (χ0v) is 15.3. The van der Waals surface area contributed by atoms with Gasteiger partial charge in [0.2, 0.25) is 5.91 Å². The molecule has 2 saturated heterocycles. The molecule has 0 radical (unpaired) electrons. The van der Waals surface area contributed by atoms with Gasteiger partial charge in [-0.2, -0.15) is 0 Å². The fourth-order valence-electron chi connectivity index (χ4n) is 3.81. The molecule has 1 amide bonds. The van der Waals surface area contributed by atoms with E-state index in [1.807, 2.05) is 31.2 Å². The molecular formula is C18H26N2O3S. The highest BCUT2D eigenvalue weighted by Gasteiger charge is 2.49. The Bertz CT molecular complexity index is 699. The topological polar surface area (TPSA) is 57.7 Å². The van der Waals surface area contributed by atoms with E-state index in [4.69, 9.17) is 0 Å². The molecule has 1 aromatic carbocycles. The smallest absolute Gasteiger partial charge is 0.241 e. The van der Waals surface area contributed by atoms with Crippen LogP contribution in [0, 0.1) is 6.92 Å². The molecule has 0 unspecified atom stereocenters. The van der Waals surface area contributed by atoms with Crippen LogP contribution >= 0.6 is 0 Å². The fourth-order valence-corrected chi connectivity index (χ4v) is 5.79. The van der Waals surface area contributed by atoms with Crippen molar-refractivity contribution >= 4 is 21.4 Å². The molecule has 2 heterocycles. The van der Waals surface area contributed by atoms with Crippen molar-refractivity contribution < 1.29 is 13.2 Å². The SMILES string of the molecule is CCCCCN1CC(=O)N(c2ccc(C)cc2)[C@@H]2CS(=O)(=O)C[C@@H]21. The summed E-state index contributed by atoms with van der Waals surface area (Å²) in [7, 11) is -3.10. The molecule has 2 aliphatic rings. The average Bonchev–Trinajstić information content (AvgIpc) is 2.84. The van der Waals surface area contributed by atoms with Crippen LogP contribution in [0.25, 0.3) is 0 Å². The van der Waals surface area contributed by atoms with Crippen LogP contribution in [0.2, 0.25) is 0 Å². The highest BCUT2D eigenvalue weighted by Crippen LogP contribution is 2.31. The number of nitrogens with zero attached hydrogens (tertiary/aromatic N) is 2. The van der Waals surface area contributed by atoms with Gasteiger partial charge in [0.05, 0.1) is 24.1 Å². The van der Waals surface area contributed by atoms with Crippen LogP contribution in [0.4, 0.5) is 5.69 Å². The van der Waals surface area contributed by atoms with Gasteiger partial charge in [-0.05, 0) is 32.0 Å². The second-order valence-electron chi connectivity index (χ2n) is 6.99. The van der Waals surface area contributed by atoms with Gasteiger partial charge in [0, 0.05) is 11.7 Å². The van der Waals surface area contributed by atoms with Gasteiger partial charge in [-0.1, -0.05) is 37.5 Å². The third kappa shape index (κ3) is 3.49. The summed E-state index contributed by atoms with van der Waals surface area (Å²) in [6.45, 7) is 5.26. The molecule has 0 N–H and O–H groups in total. The monoisotopic (exact) mass is 350 g/mol. The summed E-state index contributed by atoms with van der Waals surface area (Å²) < 4.78 is 24.5. The lowest BCUT2D eigenvalue weighted by Gasteiger charge is -2.43. The maximum absolute atomic E-state index is 12.8. The van der Waals surface area contributed by atoms with Crippen LogP contribution in [-0.4, -0.2) is 55.9 Å². The Morgan fingerprint density at radius 1 is 1.08 bits per heavy atom. The van der Waals surface area contributed by atoms with E-state index < -0.39 is 9.84 Å². The number of hydrogen-bond acceptors (Lipinski definition) is 4. The van der Waals surface area contributed by atoms with E-state index in [9.17, 15) is 13.2 Å². The first kappa shape index (κ1) is 17.4. The number of aryl methyl sites for hydroxylation is 1. The number of piperazine rings is 1. The number of rotatable bonds is 5. The van der Waals surface area contributed by atoms with Crippen molar-refractivity contribution in [1.29, 1.82) is 0 Å². The Hall–Kier alpha value is -1.40. The molecule has 6 heteroatoms. The van der Waals surface area contributed by atoms with Gasteiger partial charge in [0.1, 0.15) is 0 Å². The number of benzene rings is 1. The van der Waals surface area contributed by atoms with Crippen LogP contribution in [0.3, 0.4) is 0 Å². The summed E-state index contributed by atoms with van der Waals surface area (Å²) >= 11 is 0.